The standard InChI is InChI=1S/C23H36N6O15/c1-14-17(42-22(33)41-14)13-39-18(30)16(26-21(32)43-23(2,3)4)9-7-10-25-19(24)27-20(31)38-11-6-5-8-15(44-29(36)37)12-40-28(34)35/h15-16H,5-13H2,1-4H3,(H,26,32)(H3,24,25,27,31). The number of aliphatic imine (C=N–C) groups is 1. The Balaban J connectivity index is 2.51. The summed E-state index contributed by atoms with van der Waals surface area (Å²) in [6.07, 6.45) is -2.22. The quantitative estimate of drug-likeness (QED) is 0.0388. The van der Waals surface area contributed by atoms with Crippen LogP contribution in [0.4, 0.5) is 9.59 Å². The Morgan fingerprint density at radius 1 is 1.02 bits per heavy atom. The Morgan fingerprint density at radius 2 is 1.73 bits per heavy atom. The molecule has 1 aromatic rings. The van der Waals surface area contributed by atoms with Gasteiger partial charge in [-0.1, -0.05) is 0 Å². The first-order valence-corrected chi connectivity index (χ1v) is 13.1. The molecule has 21 heteroatoms. The highest BCUT2D eigenvalue weighted by Crippen LogP contribution is 2.11. The van der Waals surface area contributed by atoms with Gasteiger partial charge >= 0.3 is 24.0 Å². The minimum absolute atomic E-state index is 0.00467. The highest BCUT2D eigenvalue weighted by atomic mass is 17.0. The molecule has 2 atom stereocenters. The third kappa shape index (κ3) is 17.0. The number of aryl methyl sites for hydroxylation is 1. The molecule has 0 saturated carbocycles. The van der Waals surface area contributed by atoms with Crippen molar-refractivity contribution in [3.63, 3.8) is 0 Å². The summed E-state index contributed by atoms with van der Waals surface area (Å²) in [5.74, 6) is -1.96. The van der Waals surface area contributed by atoms with Crippen LogP contribution in [-0.4, -0.2) is 71.8 Å². The zero-order valence-corrected chi connectivity index (χ0v) is 24.6. The molecule has 0 aromatic carbocycles. The number of hydrogen-bond donors (Lipinski definition) is 3. The zero-order valence-electron chi connectivity index (χ0n) is 24.6. The minimum Gasteiger partial charge on any atom is -0.456 e. The molecule has 44 heavy (non-hydrogen) atoms. The summed E-state index contributed by atoms with van der Waals surface area (Å²) in [7, 11) is 0. The molecular formula is C23H36N6O15. The van der Waals surface area contributed by atoms with Gasteiger partial charge in [0.15, 0.2) is 24.1 Å². The van der Waals surface area contributed by atoms with Crippen LogP contribution in [0.1, 0.15) is 64.4 Å². The number of nitrogens with two attached hydrogens (primary N) is 1. The Hall–Kier alpha value is -5.11. The molecule has 0 aliphatic heterocycles. The predicted octanol–water partition coefficient (Wildman–Crippen LogP) is 1.25. The molecule has 1 aromatic heterocycles. The molecular weight excluding hydrogens is 600 g/mol. The monoisotopic (exact) mass is 636 g/mol. The topological polar surface area (TPSA) is 289 Å². The lowest BCUT2D eigenvalue weighted by Gasteiger charge is -2.22. The van der Waals surface area contributed by atoms with Crippen molar-refractivity contribution in [2.24, 2.45) is 10.7 Å². The van der Waals surface area contributed by atoms with Gasteiger partial charge in [-0.2, -0.15) is 0 Å². The molecule has 0 aliphatic rings. The molecule has 0 fully saturated rings. The molecule has 0 radical (unpaired) electrons. The normalized spacial score (nSPS) is 12.8. The van der Waals surface area contributed by atoms with E-state index < -0.39 is 65.1 Å². The number of carbonyl (C=O) groups excluding carboxylic acids is 3. The van der Waals surface area contributed by atoms with E-state index >= 15 is 0 Å². The number of unbranched alkanes of at least 4 members (excludes halogenated alkanes) is 1. The first-order chi connectivity index (χ1) is 20.6. The van der Waals surface area contributed by atoms with E-state index in [1.165, 1.54) is 6.92 Å². The average molecular weight is 637 g/mol. The second kappa shape index (κ2) is 18.4. The SMILES string of the molecule is Cc1oc(=O)oc1COC(=O)C(CCCN=C(N)NC(=O)OCCCCC(CO[N+](=O)[O-])O[N+](=O)[O-])NC(=O)OC(C)(C)C. The van der Waals surface area contributed by atoms with Crippen LogP contribution in [0.15, 0.2) is 18.6 Å². The second-order valence-corrected chi connectivity index (χ2v) is 9.88. The van der Waals surface area contributed by atoms with Gasteiger partial charge in [0, 0.05) is 6.54 Å². The summed E-state index contributed by atoms with van der Waals surface area (Å²) in [5, 5.41) is 23.1. The molecule has 1 rings (SSSR count). The summed E-state index contributed by atoms with van der Waals surface area (Å²) in [6.45, 7) is 5.23. The summed E-state index contributed by atoms with van der Waals surface area (Å²) in [6, 6.07) is -1.17. The van der Waals surface area contributed by atoms with Crippen LogP contribution in [0.25, 0.3) is 0 Å². The van der Waals surface area contributed by atoms with Crippen LogP contribution in [0, 0.1) is 27.2 Å². The van der Waals surface area contributed by atoms with E-state index in [-0.39, 0.29) is 62.7 Å². The Labute approximate surface area is 249 Å². The highest BCUT2D eigenvalue weighted by molar-refractivity contribution is 5.92. The zero-order chi connectivity index (χ0) is 33.3. The van der Waals surface area contributed by atoms with Crippen LogP contribution in [0.3, 0.4) is 0 Å². The van der Waals surface area contributed by atoms with E-state index in [0.29, 0.717) is 0 Å². The number of amides is 2. The van der Waals surface area contributed by atoms with Crippen LogP contribution < -0.4 is 22.2 Å². The van der Waals surface area contributed by atoms with Crippen molar-refractivity contribution in [2.75, 3.05) is 19.8 Å². The van der Waals surface area contributed by atoms with E-state index in [2.05, 4.69) is 25.3 Å². The van der Waals surface area contributed by atoms with Crippen LogP contribution in [0.2, 0.25) is 0 Å². The number of hydrogen-bond acceptors (Lipinski definition) is 16. The molecule has 2 amide bonds. The van der Waals surface area contributed by atoms with E-state index in [4.69, 9.17) is 28.8 Å². The fraction of sp³-hybridized carbons (Fsp3) is 0.696. The van der Waals surface area contributed by atoms with Crippen molar-refractivity contribution in [1.29, 1.82) is 0 Å². The van der Waals surface area contributed by atoms with Crippen LogP contribution in [0.5, 0.6) is 0 Å². The molecule has 248 valence electrons. The lowest BCUT2D eigenvalue weighted by molar-refractivity contribution is -0.790. The Bertz CT molecular complexity index is 1210. The van der Waals surface area contributed by atoms with Crippen molar-refractivity contribution in [3.8, 4) is 0 Å². The number of ether oxygens (including phenoxy) is 3. The second-order valence-electron chi connectivity index (χ2n) is 9.88. The van der Waals surface area contributed by atoms with E-state index in [0.717, 1.165) is 0 Å². The number of nitrogens with zero attached hydrogens (tertiary/aromatic N) is 3. The molecule has 1 heterocycles. The van der Waals surface area contributed by atoms with E-state index in [9.17, 15) is 39.4 Å². The molecule has 0 bridgehead atoms. The van der Waals surface area contributed by atoms with E-state index in [1.807, 2.05) is 0 Å². The summed E-state index contributed by atoms with van der Waals surface area (Å²) >= 11 is 0. The summed E-state index contributed by atoms with van der Waals surface area (Å²) < 4.78 is 24.7. The maximum atomic E-state index is 12.7. The van der Waals surface area contributed by atoms with Crippen molar-refractivity contribution in [2.45, 2.75) is 84.2 Å². The smallest absolute Gasteiger partial charge is 0.456 e. The van der Waals surface area contributed by atoms with Gasteiger partial charge in [-0.05, 0) is 59.8 Å². The summed E-state index contributed by atoms with van der Waals surface area (Å²) in [4.78, 5) is 81.0. The number of guanidine groups is 1. The third-order valence-electron chi connectivity index (χ3n) is 5.07. The first kappa shape index (κ1) is 36.9. The van der Waals surface area contributed by atoms with Crippen molar-refractivity contribution >= 4 is 24.1 Å². The molecule has 4 N–H and O–H groups in total. The molecule has 0 saturated heterocycles. The fourth-order valence-corrected chi connectivity index (χ4v) is 3.19. The highest BCUT2D eigenvalue weighted by Gasteiger charge is 2.26. The lowest BCUT2D eigenvalue weighted by Crippen LogP contribution is -2.44. The largest absolute Gasteiger partial charge is 0.519 e. The van der Waals surface area contributed by atoms with Crippen molar-refractivity contribution < 1.29 is 57.3 Å². The van der Waals surface area contributed by atoms with Gasteiger partial charge < -0.3 is 43.8 Å². The van der Waals surface area contributed by atoms with Crippen LogP contribution in [-0.2, 0) is 35.3 Å². The molecule has 0 spiro atoms. The van der Waals surface area contributed by atoms with Crippen molar-refractivity contribution in [1.82, 2.24) is 10.6 Å². The Morgan fingerprint density at radius 3 is 2.32 bits per heavy atom. The van der Waals surface area contributed by atoms with Crippen molar-refractivity contribution in [3.05, 3.63) is 42.4 Å². The Kier molecular flexibility index (Phi) is 15.5. The number of carbonyl (C=O) groups is 3. The summed E-state index contributed by atoms with van der Waals surface area (Å²) in [5.41, 5.74) is 4.83. The minimum atomic E-state index is -1.17. The number of alkyl carbamates (subject to hydrolysis) is 2. The van der Waals surface area contributed by atoms with Crippen LogP contribution >= 0.6 is 0 Å². The number of rotatable bonds is 18. The van der Waals surface area contributed by atoms with Gasteiger partial charge in [-0.3, -0.25) is 10.3 Å². The van der Waals surface area contributed by atoms with Gasteiger partial charge in [0.1, 0.15) is 24.4 Å². The number of esters is 1. The fourth-order valence-electron chi connectivity index (χ4n) is 3.19. The lowest BCUT2D eigenvalue weighted by atomic mass is 10.1. The van der Waals surface area contributed by atoms with Gasteiger partial charge in [-0.15, -0.1) is 20.2 Å². The van der Waals surface area contributed by atoms with Gasteiger partial charge in [0.2, 0.25) is 0 Å². The van der Waals surface area contributed by atoms with Gasteiger partial charge in [-0.25, -0.2) is 19.2 Å². The molecule has 21 nitrogen and oxygen atoms in total. The number of nitrogens with one attached hydrogen (secondary N) is 2. The van der Waals surface area contributed by atoms with E-state index in [1.54, 1.807) is 20.8 Å². The molecule has 2 unspecified atom stereocenters. The predicted molar refractivity (Wildman–Crippen MR) is 144 cm³/mol. The maximum Gasteiger partial charge on any atom is 0.519 e. The molecule has 0 aliphatic carbocycles. The third-order valence-corrected chi connectivity index (χ3v) is 5.07. The average Bonchev–Trinajstić information content (AvgIpc) is 3.22. The van der Waals surface area contributed by atoms with Gasteiger partial charge in [0.05, 0.1) is 6.61 Å². The van der Waals surface area contributed by atoms with Gasteiger partial charge in [0.25, 0.3) is 10.2 Å². The first-order valence-electron chi connectivity index (χ1n) is 13.1. The maximum absolute atomic E-state index is 12.7.